The molecule has 2 aromatic carbocycles. The molecule has 24 heavy (non-hydrogen) atoms. The Labute approximate surface area is 145 Å². The van der Waals surface area contributed by atoms with Gasteiger partial charge in [0.15, 0.2) is 0 Å². The van der Waals surface area contributed by atoms with Crippen LogP contribution in [0.3, 0.4) is 0 Å². The number of carbonyl (C=O) groups excluding carboxylic acids is 2. The van der Waals surface area contributed by atoms with E-state index in [-0.39, 0.29) is 17.6 Å². The van der Waals surface area contributed by atoms with Gasteiger partial charge in [0.1, 0.15) is 5.75 Å². The highest BCUT2D eigenvalue weighted by Gasteiger charge is 2.06. The average molecular weight is 347 g/mol. The van der Waals surface area contributed by atoms with Crippen LogP contribution >= 0.6 is 11.6 Å². The molecule has 3 N–H and O–H groups in total. The van der Waals surface area contributed by atoms with Gasteiger partial charge < -0.3 is 15.7 Å². The SMILES string of the molecule is O=C(CCc1ccc(Cl)cc1)NCCNC(=O)c1cccc(O)c1. The van der Waals surface area contributed by atoms with Crippen LogP contribution in [0.15, 0.2) is 48.5 Å². The van der Waals surface area contributed by atoms with Gasteiger partial charge in [-0.3, -0.25) is 9.59 Å². The van der Waals surface area contributed by atoms with Crippen LogP contribution < -0.4 is 10.6 Å². The lowest BCUT2D eigenvalue weighted by Crippen LogP contribution is -2.34. The summed E-state index contributed by atoms with van der Waals surface area (Å²) in [5.74, 6) is -0.323. The van der Waals surface area contributed by atoms with E-state index in [1.54, 1.807) is 24.3 Å². The van der Waals surface area contributed by atoms with Crippen LogP contribution in [0.1, 0.15) is 22.3 Å². The largest absolute Gasteiger partial charge is 0.508 e. The number of aromatic hydroxyl groups is 1. The first-order valence-corrected chi connectivity index (χ1v) is 8.01. The fourth-order valence-electron chi connectivity index (χ4n) is 2.12. The van der Waals surface area contributed by atoms with Gasteiger partial charge in [-0.05, 0) is 42.3 Å². The standard InChI is InChI=1S/C18H19ClN2O3/c19-15-7-4-13(5-8-15)6-9-17(23)20-10-11-21-18(24)14-2-1-3-16(22)12-14/h1-5,7-8,12,22H,6,9-11H2,(H,20,23)(H,21,24). The fraction of sp³-hybridized carbons (Fsp3) is 0.222. The molecule has 0 saturated carbocycles. The number of phenolic OH excluding ortho intramolecular Hbond substituents is 1. The van der Waals surface area contributed by atoms with Crippen LogP contribution in [-0.2, 0) is 11.2 Å². The number of halogens is 1. The smallest absolute Gasteiger partial charge is 0.251 e. The predicted octanol–water partition coefficient (Wildman–Crippen LogP) is 2.52. The first-order valence-electron chi connectivity index (χ1n) is 7.63. The fourth-order valence-corrected chi connectivity index (χ4v) is 2.25. The van der Waals surface area contributed by atoms with Gasteiger partial charge in [-0.25, -0.2) is 0 Å². The Morgan fingerprint density at radius 1 is 1.00 bits per heavy atom. The predicted molar refractivity (Wildman–Crippen MR) is 93.2 cm³/mol. The number of benzene rings is 2. The van der Waals surface area contributed by atoms with Crippen molar-refractivity contribution in [1.82, 2.24) is 10.6 Å². The Bertz CT molecular complexity index is 702. The van der Waals surface area contributed by atoms with Gasteiger partial charge in [0, 0.05) is 30.1 Å². The van der Waals surface area contributed by atoms with E-state index in [0.717, 1.165) is 5.56 Å². The highest BCUT2D eigenvalue weighted by atomic mass is 35.5. The number of aryl methyl sites for hydroxylation is 1. The third-order valence-electron chi connectivity index (χ3n) is 3.40. The number of rotatable bonds is 7. The average Bonchev–Trinajstić information content (AvgIpc) is 2.58. The minimum atomic E-state index is -0.290. The minimum absolute atomic E-state index is 0.0400. The van der Waals surface area contributed by atoms with Gasteiger partial charge in [0.2, 0.25) is 5.91 Å². The summed E-state index contributed by atoms with van der Waals surface area (Å²) in [5.41, 5.74) is 1.43. The molecule has 0 atom stereocenters. The van der Waals surface area contributed by atoms with Gasteiger partial charge in [-0.15, -0.1) is 0 Å². The first kappa shape index (κ1) is 17.8. The lowest BCUT2D eigenvalue weighted by Gasteiger charge is -2.07. The molecule has 0 unspecified atom stereocenters. The maximum absolute atomic E-state index is 11.8. The van der Waals surface area contributed by atoms with Crippen LogP contribution in [0.5, 0.6) is 5.75 Å². The monoisotopic (exact) mass is 346 g/mol. The molecule has 0 radical (unpaired) electrons. The molecule has 2 aromatic rings. The van der Waals surface area contributed by atoms with Gasteiger partial charge >= 0.3 is 0 Å². The second-order valence-corrected chi connectivity index (χ2v) is 5.72. The lowest BCUT2D eigenvalue weighted by molar-refractivity contribution is -0.121. The van der Waals surface area contributed by atoms with Gasteiger partial charge in [-0.1, -0.05) is 29.8 Å². The highest BCUT2D eigenvalue weighted by Crippen LogP contribution is 2.11. The van der Waals surface area contributed by atoms with E-state index >= 15 is 0 Å². The number of amides is 2. The molecular formula is C18H19ClN2O3. The summed E-state index contributed by atoms with van der Waals surface area (Å²) in [5, 5.41) is 15.4. The van der Waals surface area contributed by atoms with Crippen molar-refractivity contribution in [2.24, 2.45) is 0 Å². The molecule has 0 aliphatic heterocycles. The lowest BCUT2D eigenvalue weighted by atomic mass is 10.1. The Hall–Kier alpha value is -2.53. The summed E-state index contributed by atoms with van der Waals surface area (Å²) >= 11 is 5.81. The summed E-state index contributed by atoms with van der Waals surface area (Å²) in [4.78, 5) is 23.6. The molecule has 5 nitrogen and oxygen atoms in total. The Kier molecular flexibility index (Phi) is 6.63. The molecule has 0 fully saturated rings. The van der Waals surface area contributed by atoms with E-state index < -0.39 is 0 Å². The van der Waals surface area contributed by atoms with E-state index in [4.69, 9.17) is 11.6 Å². The quantitative estimate of drug-likeness (QED) is 0.674. The summed E-state index contributed by atoms with van der Waals surface area (Å²) < 4.78 is 0. The van der Waals surface area contributed by atoms with E-state index in [1.165, 1.54) is 12.1 Å². The van der Waals surface area contributed by atoms with E-state index in [9.17, 15) is 14.7 Å². The van der Waals surface area contributed by atoms with Crippen molar-refractivity contribution >= 4 is 23.4 Å². The second-order valence-electron chi connectivity index (χ2n) is 5.28. The van der Waals surface area contributed by atoms with Crippen molar-refractivity contribution in [3.63, 3.8) is 0 Å². The first-order chi connectivity index (χ1) is 11.5. The molecule has 0 bridgehead atoms. The van der Waals surface area contributed by atoms with E-state index in [2.05, 4.69) is 10.6 Å². The summed E-state index contributed by atoms with van der Waals surface area (Å²) in [6.07, 6.45) is 1.01. The number of hydrogen-bond acceptors (Lipinski definition) is 3. The zero-order chi connectivity index (χ0) is 17.4. The number of phenols is 1. The summed E-state index contributed by atoms with van der Waals surface area (Å²) in [6, 6.07) is 13.5. The van der Waals surface area contributed by atoms with Crippen molar-refractivity contribution in [3.8, 4) is 5.75 Å². The van der Waals surface area contributed by atoms with Crippen molar-refractivity contribution in [2.45, 2.75) is 12.8 Å². The molecule has 0 heterocycles. The van der Waals surface area contributed by atoms with Crippen LogP contribution in [0.25, 0.3) is 0 Å². The Balaban J connectivity index is 1.64. The Morgan fingerprint density at radius 2 is 1.71 bits per heavy atom. The maximum Gasteiger partial charge on any atom is 0.251 e. The second kappa shape index (κ2) is 8.93. The zero-order valence-corrected chi connectivity index (χ0v) is 13.8. The van der Waals surface area contributed by atoms with Crippen molar-refractivity contribution < 1.29 is 14.7 Å². The molecule has 0 aromatic heterocycles. The normalized spacial score (nSPS) is 10.2. The van der Waals surface area contributed by atoms with E-state index in [1.807, 2.05) is 12.1 Å². The summed E-state index contributed by atoms with van der Waals surface area (Å²) in [7, 11) is 0. The molecule has 126 valence electrons. The van der Waals surface area contributed by atoms with Crippen molar-refractivity contribution in [2.75, 3.05) is 13.1 Å². The molecule has 0 aliphatic carbocycles. The van der Waals surface area contributed by atoms with Crippen LogP contribution in [-0.4, -0.2) is 30.0 Å². The molecule has 0 spiro atoms. The number of nitrogens with one attached hydrogen (secondary N) is 2. The highest BCUT2D eigenvalue weighted by molar-refractivity contribution is 6.30. The molecule has 2 amide bonds. The van der Waals surface area contributed by atoms with E-state index in [0.29, 0.717) is 36.5 Å². The molecule has 0 aliphatic rings. The minimum Gasteiger partial charge on any atom is -0.508 e. The molecule has 0 saturated heterocycles. The van der Waals surface area contributed by atoms with Crippen LogP contribution in [0, 0.1) is 0 Å². The van der Waals surface area contributed by atoms with Crippen LogP contribution in [0.4, 0.5) is 0 Å². The van der Waals surface area contributed by atoms with Gasteiger partial charge in [0.05, 0.1) is 0 Å². The van der Waals surface area contributed by atoms with Gasteiger partial charge in [-0.2, -0.15) is 0 Å². The topological polar surface area (TPSA) is 78.4 Å². The van der Waals surface area contributed by atoms with Crippen molar-refractivity contribution in [3.05, 3.63) is 64.7 Å². The molecule has 6 heteroatoms. The Morgan fingerprint density at radius 3 is 2.42 bits per heavy atom. The number of hydrogen-bond donors (Lipinski definition) is 3. The summed E-state index contributed by atoms with van der Waals surface area (Å²) in [6.45, 7) is 0.672. The van der Waals surface area contributed by atoms with Crippen LogP contribution in [0.2, 0.25) is 5.02 Å². The number of carbonyl (C=O) groups is 2. The maximum atomic E-state index is 11.8. The molecular weight excluding hydrogens is 328 g/mol. The van der Waals surface area contributed by atoms with Crippen molar-refractivity contribution in [1.29, 1.82) is 0 Å². The molecule has 2 rings (SSSR count). The van der Waals surface area contributed by atoms with Gasteiger partial charge in [0.25, 0.3) is 5.91 Å². The third-order valence-corrected chi connectivity index (χ3v) is 3.65. The third kappa shape index (κ3) is 5.93. The zero-order valence-electron chi connectivity index (χ0n) is 13.1.